The second kappa shape index (κ2) is 8.27. The van der Waals surface area contributed by atoms with Crippen LogP contribution in [0.1, 0.15) is 19.9 Å². The van der Waals surface area contributed by atoms with Gasteiger partial charge in [0.25, 0.3) is 0 Å². The Hall–Kier alpha value is -2.20. The molecule has 7 nitrogen and oxygen atoms in total. The first-order valence-corrected chi connectivity index (χ1v) is 11.8. The number of hydrogen-bond donors (Lipinski definition) is 0. The lowest BCUT2D eigenvalue weighted by molar-refractivity contribution is 0.0730. The number of nitrogens with zero attached hydrogens (tertiary/aromatic N) is 3. The van der Waals surface area contributed by atoms with Crippen LogP contribution in [0.2, 0.25) is 0 Å². The second-order valence-corrected chi connectivity index (χ2v) is 9.74. The topological polar surface area (TPSA) is 77.0 Å². The van der Waals surface area contributed by atoms with E-state index in [0.717, 1.165) is 16.3 Å². The SMILES string of the molecule is CC(C)n1c(-c2ccco2)csc1=Nc1ccc(S(=O)(=O)N2CCOCC2)cc1. The van der Waals surface area contributed by atoms with Crippen molar-refractivity contribution in [3.05, 3.63) is 52.8 Å². The fourth-order valence-corrected chi connectivity index (χ4v) is 5.68. The van der Waals surface area contributed by atoms with Crippen molar-refractivity contribution in [2.45, 2.75) is 24.8 Å². The van der Waals surface area contributed by atoms with Crippen LogP contribution in [0, 0.1) is 0 Å². The molecule has 1 aromatic carbocycles. The predicted octanol–water partition coefficient (Wildman–Crippen LogP) is 3.64. The maximum absolute atomic E-state index is 12.8. The van der Waals surface area contributed by atoms with E-state index in [4.69, 9.17) is 14.1 Å². The van der Waals surface area contributed by atoms with Gasteiger partial charge in [0.2, 0.25) is 10.0 Å². The fourth-order valence-electron chi connectivity index (χ4n) is 3.24. The van der Waals surface area contributed by atoms with Gasteiger partial charge in [0.05, 0.1) is 35.8 Å². The summed E-state index contributed by atoms with van der Waals surface area (Å²) in [6.45, 7) is 5.81. The zero-order valence-electron chi connectivity index (χ0n) is 16.3. The molecule has 1 fully saturated rings. The molecule has 0 N–H and O–H groups in total. The Labute approximate surface area is 173 Å². The smallest absolute Gasteiger partial charge is 0.243 e. The van der Waals surface area contributed by atoms with E-state index in [9.17, 15) is 8.42 Å². The molecule has 29 heavy (non-hydrogen) atoms. The van der Waals surface area contributed by atoms with E-state index in [-0.39, 0.29) is 10.9 Å². The van der Waals surface area contributed by atoms with Gasteiger partial charge in [0, 0.05) is 24.5 Å². The molecule has 0 spiro atoms. The average molecular weight is 434 g/mol. The molecule has 4 rings (SSSR count). The number of furan rings is 1. The van der Waals surface area contributed by atoms with Gasteiger partial charge in [-0.25, -0.2) is 13.4 Å². The first-order valence-electron chi connectivity index (χ1n) is 9.43. The number of hydrogen-bond acceptors (Lipinski definition) is 6. The van der Waals surface area contributed by atoms with Gasteiger partial charge in [-0.3, -0.25) is 0 Å². The van der Waals surface area contributed by atoms with E-state index < -0.39 is 10.0 Å². The van der Waals surface area contributed by atoms with Crippen molar-refractivity contribution in [1.29, 1.82) is 0 Å². The Morgan fingerprint density at radius 2 is 1.83 bits per heavy atom. The Kier molecular flexibility index (Phi) is 5.73. The van der Waals surface area contributed by atoms with Gasteiger partial charge in [0.1, 0.15) is 0 Å². The largest absolute Gasteiger partial charge is 0.463 e. The Bertz CT molecular complexity index is 1120. The third-order valence-electron chi connectivity index (χ3n) is 4.70. The zero-order valence-corrected chi connectivity index (χ0v) is 17.9. The molecule has 3 heterocycles. The van der Waals surface area contributed by atoms with E-state index in [1.54, 1.807) is 30.5 Å². The monoisotopic (exact) mass is 433 g/mol. The lowest BCUT2D eigenvalue weighted by Gasteiger charge is -2.26. The summed E-state index contributed by atoms with van der Waals surface area (Å²) in [7, 11) is -3.50. The van der Waals surface area contributed by atoms with Gasteiger partial charge in [-0.15, -0.1) is 11.3 Å². The predicted molar refractivity (Wildman–Crippen MR) is 112 cm³/mol. The quantitative estimate of drug-likeness (QED) is 0.615. The van der Waals surface area contributed by atoms with Crippen molar-refractivity contribution < 1.29 is 17.6 Å². The summed E-state index contributed by atoms with van der Waals surface area (Å²) in [6.07, 6.45) is 1.65. The number of thiazole rings is 1. The van der Waals surface area contributed by atoms with Crippen LogP contribution in [0.15, 0.2) is 62.3 Å². The lowest BCUT2D eigenvalue weighted by Crippen LogP contribution is -2.40. The van der Waals surface area contributed by atoms with E-state index in [1.807, 2.05) is 17.5 Å². The van der Waals surface area contributed by atoms with Crippen molar-refractivity contribution in [3.63, 3.8) is 0 Å². The molecule has 1 aliphatic rings. The molecule has 2 aromatic heterocycles. The molecule has 0 bridgehead atoms. The molecule has 9 heteroatoms. The van der Waals surface area contributed by atoms with Crippen LogP contribution in [-0.2, 0) is 14.8 Å². The molecule has 154 valence electrons. The highest BCUT2D eigenvalue weighted by molar-refractivity contribution is 7.89. The standard InChI is InChI=1S/C20H23N3O4S2/c1-15(2)23-18(19-4-3-11-27-19)14-28-20(23)21-16-5-7-17(8-6-16)29(24,25)22-9-12-26-13-10-22/h3-8,11,14-15H,9-10,12-13H2,1-2H3. The van der Waals surface area contributed by atoms with Crippen LogP contribution in [-0.4, -0.2) is 43.6 Å². The molecule has 0 unspecified atom stereocenters. The van der Waals surface area contributed by atoms with Gasteiger partial charge in [-0.05, 0) is 50.2 Å². The first kappa shape index (κ1) is 20.1. The molecule has 1 saturated heterocycles. The first-order chi connectivity index (χ1) is 14.0. The van der Waals surface area contributed by atoms with E-state index >= 15 is 0 Å². The summed E-state index contributed by atoms with van der Waals surface area (Å²) in [6, 6.07) is 10.7. The van der Waals surface area contributed by atoms with Crippen molar-refractivity contribution in [2.75, 3.05) is 26.3 Å². The number of ether oxygens (including phenoxy) is 1. The lowest BCUT2D eigenvalue weighted by atomic mass is 10.3. The van der Waals surface area contributed by atoms with Gasteiger partial charge in [0.15, 0.2) is 10.6 Å². The summed E-state index contributed by atoms with van der Waals surface area (Å²) in [5.41, 5.74) is 1.67. The molecular formula is C20H23N3O4S2. The summed E-state index contributed by atoms with van der Waals surface area (Å²) in [5.74, 6) is 0.795. The Morgan fingerprint density at radius 1 is 1.10 bits per heavy atom. The van der Waals surface area contributed by atoms with Gasteiger partial charge in [-0.1, -0.05) is 0 Å². The van der Waals surface area contributed by atoms with Crippen LogP contribution in [0.4, 0.5) is 5.69 Å². The molecule has 0 aliphatic carbocycles. The maximum atomic E-state index is 12.8. The summed E-state index contributed by atoms with van der Waals surface area (Å²) in [5, 5.41) is 2.02. The highest BCUT2D eigenvalue weighted by Gasteiger charge is 2.26. The summed E-state index contributed by atoms with van der Waals surface area (Å²) >= 11 is 1.53. The molecular weight excluding hydrogens is 410 g/mol. The van der Waals surface area contributed by atoms with Crippen LogP contribution in [0.3, 0.4) is 0 Å². The summed E-state index contributed by atoms with van der Waals surface area (Å²) in [4.78, 5) is 5.84. The molecule has 0 radical (unpaired) electrons. The number of aromatic nitrogens is 1. The molecule has 0 amide bonds. The second-order valence-electron chi connectivity index (χ2n) is 6.97. The van der Waals surface area contributed by atoms with Gasteiger partial charge < -0.3 is 13.7 Å². The number of benzene rings is 1. The molecule has 1 aliphatic heterocycles. The minimum absolute atomic E-state index is 0.195. The highest BCUT2D eigenvalue weighted by Crippen LogP contribution is 2.25. The maximum Gasteiger partial charge on any atom is 0.243 e. The fraction of sp³-hybridized carbons (Fsp3) is 0.350. The average Bonchev–Trinajstić information content (AvgIpc) is 3.39. The minimum atomic E-state index is -3.50. The number of rotatable bonds is 5. The normalized spacial score (nSPS) is 16.6. The van der Waals surface area contributed by atoms with Crippen LogP contribution >= 0.6 is 11.3 Å². The molecule has 0 saturated carbocycles. The highest BCUT2D eigenvalue weighted by atomic mass is 32.2. The van der Waals surface area contributed by atoms with Crippen LogP contribution in [0.25, 0.3) is 11.5 Å². The van der Waals surface area contributed by atoms with Crippen molar-refractivity contribution in [1.82, 2.24) is 8.87 Å². The zero-order chi connectivity index (χ0) is 20.4. The number of morpholine rings is 1. The van der Waals surface area contributed by atoms with Gasteiger partial charge in [-0.2, -0.15) is 4.31 Å². The van der Waals surface area contributed by atoms with Crippen LogP contribution < -0.4 is 4.80 Å². The third-order valence-corrected chi connectivity index (χ3v) is 7.45. The van der Waals surface area contributed by atoms with Crippen molar-refractivity contribution >= 4 is 27.0 Å². The molecule has 0 atom stereocenters. The van der Waals surface area contributed by atoms with E-state index in [2.05, 4.69) is 18.4 Å². The third kappa shape index (κ3) is 4.09. The van der Waals surface area contributed by atoms with Crippen molar-refractivity contribution in [3.8, 4) is 11.5 Å². The van der Waals surface area contributed by atoms with E-state index in [0.29, 0.717) is 32.0 Å². The molecule has 3 aromatic rings. The van der Waals surface area contributed by atoms with Crippen molar-refractivity contribution in [2.24, 2.45) is 4.99 Å². The Morgan fingerprint density at radius 3 is 2.45 bits per heavy atom. The van der Waals surface area contributed by atoms with Gasteiger partial charge >= 0.3 is 0 Å². The number of sulfonamides is 1. The van der Waals surface area contributed by atoms with E-state index in [1.165, 1.54) is 15.6 Å². The minimum Gasteiger partial charge on any atom is -0.463 e. The van der Waals surface area contributed by atoms with Crippen LogP contribution in [0.5, 0.6) is 0 Å². The summed E-state index contributed by atoms with van der Waals surface area (Å²) < 4.78 is 39.9. The Balaban J connectivity index is 1.66.